The molecule has 0 heterocycles. The minimum absolute atomic E-state index is 0.0659. The smallest absolute Gasteiger partial charge is 0.262 e. The highest BCUT2D eigenvalue weighted by Crippen LogP contribution is 2.19. The third-order valence-electron chi connectivity index (χ3n) is 3.95. The van der Waals surface area contributed by atoms with Crippen molar-refractivity contribution < 1.29 is 14.3 Å². The molecule has 0 saturated heterocycles. The van der Waals surface area contributed by atoms with E-state index in [1.165, 1.54) is 0 Å². The summed E-state index contributed by atoms with van der Waals surface area (Å²) in [6, 6.07) is 12.7. The van der Waals surface area contributed by atoms with Crippen LogP contribution in [0.15, 0.2) is 42.5 Å². The van der Waals surface area contributed by atoms with Crippen LogP contribution in [0, 0.1) is 13.8 Å². The van der Waals surface area contributed by atoms with Crippen LogP contribution in [0.3, 0.4) is 0 Å². The Morgan fingerprint density at radius 2 is 1.77 bits per heavy atom. The first-order chi connectivity index (χ1) is 12.5. The van der Waals surface area contributed by atoms with Crippen molar-refractivity contribution in [1.82, 2.24) is 5.32 Å². The van der Waals surface area contributed by atoms with E-state index in [-0.39, 0.29) is 18.4 Å². The second-order valence-electron chi connectivity index (χ2n) is 6.29. The van der Waals surface area contributed by atoms with Crippen molar-refractivity contribution in [1.29, 1.82) is 0 Å². The zero-order valence-electron chi connectivity index (χ0n) is 15.6. The molecule has 138 valence electrons. The number of nitrogens with one attached hydrogen (secondary N) is 2. The highest BCUT2D eigenvalue weighted by molar-refractivity contribution is 5.96. The second kappa shape index (κ2) is 9.61. The Bertz CT molecular complexity index is 754. The summed E-state index contributed by atoms with van der Waals surface area (Å²) in [6.07, 6.45) is 2.00. The van der Waals surface area contributed by atoms with Crippen molar-refractivity contribution in [3.63, 3.8) is 0 Å². The summed E-state index contributed by atoms with van der Waals surface area (Å²) in [5, 5.41) is 5.63. The summed E-state index contributed by atoms with van der Waals surface area (Å²) in [4.78, 5) is 24.0. The van der Waals surface area contributed by atoms with E-state index in [9.17, 15) is 9.59 Å². The zero-order valence-corrected chi connectivity index (χ0v) is 15.6. The zero-order chi connectivity index (χ0) is 18.9. The average molecular weight is 354 g/mol. The first-order valence-electron chi connectivity index (χ1n) is 8.87. The number of aryl methyl sites for hydroxylation is 2. The van der Waals surface area contributed by atoms with Gasteiger partial charge in [-0.05, 0) is 61.7 Å². The van der Waals surface area contributed by atoms with Crippen LogP contribution in [0.2, 0.25) is 0 Å². The van der Waals surface area contributed by atoms with Gasteiger partial charge >= 0.3 is 0 Å². The number of anilines is 1. The number of hydrogen-bond acceptors (Lipinski definition) is 3. The molecule has 5 nitrogen and oxygen atoms in total. The lowest BCUT2D eigenvalue weighted by Crippen LogP contribution is -2.24. The van der Waals surface area contributed by atoms with Gasteiger partial charge in [0, 0.05) is 17.8 Å². The first kappa shape index (κ1) is 19.5. The normalized spacial score (nSPS) is 10.3. The molecule has 2 rings (SSSR count). The Hall–Kier alpha value is -2.82. The SMILES string of the molecule is CCCCNC(=O)c1ccc(NC(=O)COc2cc(C)ccc2C)cc1. The first-order valence-corrected chi connectivity index (χ1v) is 8.87. The molecule has 0 bridgehead atoms. The van der Waals surface area contributed by atoms with Gasteiger partial charge in [0.15, 0.2) is 6.61 Å². The van der Waals surface area contributed by atoms with Crippen LogP contribution in [-0.4, -0.2) is 25.0 Å². The number of ether oxygens (including phenoxy) is 1. The summed E-state index contributed by atoms with van der Waals surface area (Å²) in [6.45, 7) is 6.60. The predicted molar refractivity (Wildman–Crippen MR) is 104 cm³/mol. The largest absolute Gasteiger partial charge is 0.483 e. The molecule has 0 aromatic heterocycles. The van der Waals surface area contributed by atoms with Gasteiger partial charge in [-0.3, -0.25) is 9.59 Å². The van der Waals surface area contributed by atoms with Gasteiger partial charge in [0.2, 0.25) is 0 Å². The monoisotopic (exact) mass is 354 g/mol. The van der Waals surface area contributed by atoms with Gasteiger partial charge < -0.3 is 15.4 Å². The maximum absolute atomic E-state index is 12.1. The third-order valence-corrected chi connectivity index (χ3v) is 3.95. The highest BCUT2D eigenvalue weighted by Gasteiger charge is 2.08. The molecule has 2 N–H and O–H groups in total. The molecule has 26 heavy (non-hydrogen) atoms. The number of carbonyl (C=O) groups excluding carboxylic acids is 2. The predicted octanol–water partition coefficient (Wildman–Crippen LogP) is 3.85. The molecule has 0 radical (unpaired) electrons. The van der Waals surface area contributed by atoms with Crippen LogP contribution in [0.1, 0.15) is 41.3 Å². The van der Waals surface area contributed by atoms with Crippen LogP contribution in [-0.2, 0) is 4.79 Å². The summed E-state index contributed by atoms with van der Waals surface area (Å²) >= 11 is 0. The molecule has 0 aliphatic carbocycles. The fraction of sp³-hybridized carbons (Fsp3) is 0.333. The van der Waals surface area contributed by atoms with Crippen molar-refractivity contribution in [2.24, 2.45) is 0 Å². The number of unbranched alkanes of at least 4 members (excludes halogenated alkanes) is 1. The lowest BCUT2D eigenvalue weighted by atomic mass is 10.1. The van der Waals surface area contributed by atoms with E-state index in [0.717, 1.165) is 24.0 Å². The molecule has 0 aliphatic heterocycles. The lowest BCUT2D eigenvalue weighted by molar-refractivity contribution is -0.118. The number of hydrogen-bond donors (Lipinski definition) is 2. The molecule has 0 aliphatic rings. The Labute approximate surface area is 154 Å². The fourth-order valence-corrected chi connectivity index (χ4v) is 2.39. The lowest BCUT2D eigenvalue weighted by Gasteiger charge is -2.11. The van der Waals surface area contributed by atoms with Gasteiger partial charge in [-0.1, -0.05) is 25.5 Å². The minimum atomic E-state index is -0.244. The van der Waals surface area contributed by atoms with Crippen LogP contribution in [0.25, 0.3) is 0 Å². The molecule has 0 atom stereocenters. The molecule has 5 heteroatoms. The van der Waals surface area contributed by atoms with E-state index in [1.807, 2.05) is 32.0 Å². The van der Waals surface area contributed by atoms with Crippen LogP contribution >= 0.6 is 0 Å². The quantitative estimate of drug-likeness (QED) is 0.708. The van der Waals surface area contributed by atoms with Crippen molar-refractivity contribution in [2.75, 3.05) is 18.5 Å². The van der Waals surface area contributed by atoms with Gasteiger partial charge in [-0.15, -0.1) is 0 Å². The second-order valence-corrected chi connectivity index (χ2v) is 6.29. The standard InChI is InChI=1S/C21H26N2O3/c1-4-5-12-22-21(25)17-8-10-18(11-9-17)23-20(24)14-26-19-13-15(2)6-7-16(19)3/h6-11,13H,4-5,12,14H2,1-3H3,(H,22,25)(H,23,24). The minimum Gasteiger partial charge on any atom is -0.483 e. The number of rotatable bonds is 8. The van der Waals surface area contributed by atoms with E-state index in [2.05, 4.69) is 17.6 Å². The molecule has 0 spiro atoms. The van der Waals surface area contributed by atoms with Gasteiger partial charge in [0.05, 0.1) is 0 Å². The Morgan fingerprint density at radius 3 is 2.46 bits per heavy atom. The molecule has 2 amide bonds. The Kier molecular flexibility index (Phi) is 7.21. The summed E-state index contributed by atoms with van der Waals surface area (Å²) in [5.74, 6) is 0.361. The molecular weight excluding hydrogens is 328 g/mol. The topological polar surface area (TPSA) is 67.4 Å². The molecular formula is C21H26N2O3. The van der Waals surface area contributed by atoms with Crippen LogP contribution in [0.5, 0.6) is 5.75 Å². The van der Waals surface area contributed by atoms with E-state index < -0.39 is 0 Å². The molecule has 2 aromatic rings. The Balaban J connectivity index is 1.85. The number of amides is 2. The summed E-state index contributed by atoms with van der Waals surface area (Å²) < 4.78 is 5.59. The van der Waals surface area contributed by atoms with Crippen molar-refractivity contribution >= 4 is 17.5 Å². The van der Waals surface area contributed by atoms with E-state index in [0.29, 0.717) is 23.5 Å². The maximum Gasteiger partial charge on any atom is 0.262 e. The number of benzene rings is 2. The van der Waals surface area contributed by atoms with E-state index >= 15 is 0 Å². The van der Waals surface area contributed by atoms with Gasteiger partial charge in [-0.25, -0.2) is 0 Å². The van der Waals surface area contributed by atoms with Crippen molar-refractivity contribution in [3.8, 4) is 5.75 Å². The maximum atomic E-state index is 12.1. The average Bonchev–Trinajstić information content (AvgIpc) is 2.63. The number of carbonyl (C=O) groups is 2. The van der Waals surface area contributed by atoms with Crippen LogP contribution < -0.4 is 15.4 Å². The van der Waals surface area contributed by atoms with E-state index in [4.69, 9.17) is 4.74 Å². The summed E-state index contributed by atoms with van der Waals surface area (Å²) in [7, 11) is 0. The van der Waals surface area contributed by atoms with Gasteiger partial charge in [0.1, 0.15) is 5.75 Å². The van der Waals surface area contributed by atoms with Gasteiger partial charge in [0.25, 0.3) is 11.8 Å². The molecule has 0 unspecified atom stereocenters. The fourth-order valence-electron chi connectivity index (χ4n) is 2.39. The molecule has 0 fully saturated rings. The Morgan fingerprint density at radius 1 is 1.04 bits per heavy atom. The van der Waals surface area contributed by atoms with Gasteiger partial charge in [-0.2, -0.15) is 0 Å². The molecule has 0 saturated carbocycles. The third kappa shape index (κ3) is 5.92. The highest BCUT2D eigenvalue weighted by atomic mass is 16.5. The van der Waals surface area contributed by atoms with E-state index in [1.54, 1.807) is 24.3 Å². The van der Waals surface area contributed by atoms with Crippen molar-refractivity contribution in [3.05, 3.63) is 59.2 Å². The van der Waals surface area contributed by atoms with Crippen LogP contribution in [0.4, 0.5) is 5.69 Å². The summed E-state index contributed by atoms with van der Waals surface area (Å²) in [5.41, 5.74) is 3.27. The van der Waals surface area contributed by atoms with Crippen molar-refractivity contribution in [2.45, 2.75) is 33.6 Å². The molecule has 2 aromatic carbocycles.